The molecule has 0 saturated heterocycles. The maximum atomic E-state index is 13.4. The molecule has 0 unspecified atom stereocenters. The van der Waals surface area contributed by atoms with E-state index in [9.17, 15) is 9.18 Å². The Morgan fingerprint density at radius 1 is 1.17 bits per heavy atom. The average molecular weight is 489 g/mol. The van der Waals surface area contributed by atoms with Gasteiger partial charge in [-0.1, -0.05) is 29.1 Å². The Bertz CT molecular complexity index is 1260. The fourth-order valence-corrected chi connectivity index (χ4v) is 3.72. The summed E-state index contributed by atoms with van der Waals surface area (Å²) in [5, 5.41) is 4.34. The molecule has 2 aromatic heterocycles. The number of methoxy groups -OCH3 is 1. The Hall–Kier alpha value is -2.98. The van der Waals surface area contributed by atoms with Crippen molar-refractivity contribution in [2.75, 3.05) is 7.11 Å². The number of aromatic nitrogens is 4. The smallest absolute Gasteiger partial charge is 0.252 e. The monoisotopic (exact) mass is 488 g/mol. The van der Waals surface area contributed by atoms with Crippen LogP contribution in [0, 0.1) is 5.82 Å². The van der Waals surface area contributed by atoms with E-state index in [1.54, 1.807) is 25.3 Å². The van der Waals surface area contributed by atoms with Gasteiger partial charge in [0, 0.05) is 17.2 Å². The van der Waals surface area contributed by atoms with E-state index in [2.05, 4.69) is 36.0 Å². The number of hydrogen-bond acceptors (Lipinski definition) is 7. The second kappa shape index (κ2) is 8.80. The molecule has 0 aliphatic rings. The molecule has 0 atom stereocenters. The molecule has 152 valence electrons. The molecular weight excluding hydrogens is 475 g/mol. The molecule has 0 radical (unpaired) electrons. The third kappa shape index (κ3) is 4.60. The number of H-pyrrole nitrogens is 1. The number of ether oxygens (including phenoxy) is 1. The largest absolute Gasteiger partial charge is 0.497 e. The second-order valence-electron chi connectivity index (χ2n) is 6.10. The standard InChI is InChI=1S/C20H14BrFN4O3S/c1-28-13-4-2-3-11(7-13)16-9-17(27)24-20(23-16)30-10-18-25-19(26-29-18)12-5-6-15(22)14(21)8-12/h2-9H,10H2,1H3,(H,23,24,27). The summed E-state index contributed by atoms with van der Waals surface area (Å²) in [4.78, 5) is 23.6. The van der Waals surface area contributed by atoms with Gasteiger partial charge >= 0.3 is 0 Å². The van der Waals surface area contributed by atoms with Crippen molar-refractivity contribution in [1.29, 1.82) is 0 Å². The zero-order valence-electron chi connectivity index (χ0n) is 15.6. The highest BCUT2D eigenvalue weighted by molar-refractivity contribution is 9.10. The van der Waals surface area contributed by atoms with E-state index < -0.39 is 0 Å². The second-order valence-corrected chi connectivity index (χ2v) is 7.92. The molecule has 0 amide bonds. The van der Waals surface area contributed by atoms with Crippen LogP contribution in [0.25, 0.3) is 22.6 Å². The molecular formula is C20H14BrFN4O3S. The highest BCUT2D eigenvalue weighted by Crippen LogP contribution is 2.26. The number of nitrogens with one attached hydrogen (secondary N) is 1. The number of halogens is 2. The third-order valence-electron chi connectivity index (χ3n) is 4.06. The first-order valence-electron chi connectivity index (χ1n) is 8.68. The van der Waals surface area contributed by atoms with E-state index in [-0.39, 0.29) is 11.4 Å². The first kappa shape index (κ1) is 20.3. The highest BCUT2D eigenvalue weighted by atomic mass is 79.9. The predicted octanol–water partition coefficient (Wildman–Crippen LogP) is 4.69. The van der Waals surface area contributed by atoms with Crippen LogP contribution >= 0.6 is 27.7 Å². The van der Waals surface area contributed by atoms with Crippen molar-refractivity contribution in [2.24, 2.45) is 0 Å². The number of rotatable bonds is 6. The minimum absolute atomic E-state index is 0.271. The number of benzene rings is 2. The summed E-state index contributed by atoms with van der Waals surface area (Å²) >= 11 is 4.40. The molecule has 0 aliphatic heterocycles. The SMILES string of the molecule is COc1cccc(-c2cc(=O)[nH]c(SCc3nc(-c4ccc(F)c(Br)c4)no3)n2)c1. The van der Waals surface area contributed by atoms with E-state index in [4.69, 9.17) is 9.26 Å². The molecule has 4 rings (SSSR count). The van der Waals surface area contributed by atoms with E-state index >= 15 is 0 Å². The number of hydrogen-bond donors (Lipinski definition) is 1. The first-order chi connectivity index (χ1) is 14.5. The Labute approximate surface area is 182 Å². The minimum Gasteiger partial charge on any atom is -0.497 e. The van der Waals surface area contributed by atoms with Crippen molar-refractivity contribution in [2.45, 2.75) is 10.9 Å². The molecule has 0 bridgehead atoms. The van der Waals surface area contributed by atoms with Gasteiger partial charge in [-0.15, -0.1) is 0 Å². The zero-order chi connectivity index (χ0) is 21.1. The lowest BCUT2D eigenvalue weighted by molar-refractivity contribution is 0.391. The molecule has 0 fully saturated rings. The maximum absolute atomic E-state index is 13.4. The van der Waals surface area contributed by atoms with Crippen molar-refractivity contribution in [3.8, 4) is 28.4 Å². The topological polar surface area (TPSA) is 93.9 Å². The molecule has 7 nitrogen and oxygen atoms in total. The lowest BCUT2D eigenvalue weighted by Crippen LogP contribution is -2.08. The average Bonchev–Trinajstić information content (AvgIpc) is 3.23. The van der Waals surface area contributed by atoms with Crippen LogP contribution in [0.4, 0.5) is 4.39 Å². The van der Waals surface area contributed by atoms with Gasteiger partial charge in [0.15, 0.2) is 5.16 Å². The molecule has 2 heterocycles. The van der Waals surface area contributed by atoms with Gasteiger partial charge in [-0.2, -0.15) is 4.98 Å². The summed E-state index contributed by atoms with van der Waals surface area (Å²) in [7, 11) is 1.58. The maximum Gasteiger partial charge on any atom is 0.252 e. The van der Waals surface area contributed by atoms with Crippen molar-refractivity contribution < 1.29 is 13.7 Å². The molecule has 0 spiro atoms. The van der Waals surface area contributed by atoms with E-state index in [0.717, 1.165) is 5.56 Å². The number of thioether (sulfide) groups is 1. The predicted molar refractivity (Wildman–Crippen MR) is 114 cm³/mol. The van der Waals surface area contributed by atoms with E-state index in [1.807, 2.05) is 18.2 Å². The van der Waals surface area contributed by atoms with Crippen LogP contribution in [-0.2, 0) is 5.75 Å². The quantitative estimate of drug-likeness (QED) is 0.310. The van der Waals surface area contributed by atoms with Crippen LogP contribution in [0.3, 0.4) is 0 Å². The van der Waals surface area contributed by atoms with Crippen LogP contribution in [-0.4, -0.2) is 27.2 Å². The molecule has 30 heavy (non-hydrogen) atoms. The van der Waals surface area contributed by atoms with Crippen molar-refractivity contribution >= 4 is 27.7 Å². The summed E-state index contributed by atoms with van der Waals surface area (Å²) in [5.41, 5.74) is 1.65. The van der Waals surface area contributed by atoms with Gasteiger partial charge in [-0.05, 0) is 46.3 Å². The van der Waals surface area contributed by atoms with Crippen molar-refractivity contribution in [1.82, 2.24) is 20.1 Å². The van der Waals surface area contributed by atoms with Crippen LogP contribution in [0.1, 0.15) is 5.89 Å². The Kier molecular flexibility index (Phi) is 5.96. The Balaban J connectivity index is 1.51. The Morgan fingerprint density at radius 2 is 2.03 bits per heavy atom. The van der Waals surface area contributed by atoms with Crippen LogP contribution in [0.2, 0.25) is 0 Å². The summed E-state index contributed by atoms with van der Waals surface area (Å²) in [6.07, 6.45) is 0. The van der Waals surface area contributed by atoms with Gasteiger partial charge < -0.3 is 14.2 Å². The minimum atomic E-state index is -0.371. The molecule has 4 aromatic rings. The van der Waals surface area contributed by atoms with Gasteiger partial charge in [0.2, 0.25) is 11.7 Å². The molecule has 2 aromatic carbocycles. The molecule has 0 aliphatic carbocycles. The molecule has 1 N–H and O–H groups in total. The van der Waals surface area contributed by atoms with E-state index in [0.29, 0.717) is 44.1 Å². The summed E-state index contributed by atoms with van der Waals surface area (Å²) in [5.74, 6) is 1.31. The third-order valence-corrected chi connectivity index (χ3v) is 5.53. The van der Waals surface area contributed by atoms with Gasteiger partial charge in [0.25, 0.3) is 5.56 Å². The lowest BCUT2D eigenvalue weighted by atomic mass is 10.1. The first-order valence-corrected chi connectivity index (χ1v) is 10.5. The summed E-state index contributed by atoms with van der Waals surface area (Å²) < 4.78 is 24.2. The van der Waals surface area contributed by atoms with Crippen LogP contribution in [0.5, 0.6) is 5.75 Å². The number of aromatic amines is 1. The number of nitrogens with zero attached hydrogens (tertiary/aromatic N) is 3. The van der Waals surface area contributed by atoms with Crippen molar-refractivity contribution in [3.05, 3.63) is 75.1 Å². The van der Waals surface area contributed by atoms with Crippen LogP contribution in [0.15, 0.2) is 67.5 Å². The fourth-order valence-electron chi connectivity index (χ4n) is 2.63. The van der Waals surface area contributed by atoms with Gasteiger partial charge in [-0.3, -0.25) is 4.79 Å². The fraction of sp³-hybridized carbons (Fsp3) is 0.100. The molecule has 10 heteroatoms. The molecule has 0 saturated carbocycles. The highest BCUT2D eigenvalue weighted by Gasteiger charge is 2.12. The Morgan fingerprint density at radius 3 is 2.83 bits per heavy atom. The zero-order valence-corrected chi connectivity index (χ0v) is 18.0. The lowest BCUT2D eigenvalue weighted by Gasteiger charge is -2.05. The van der Waals surface area contributed by atoms with Gasteiger partial charge in [0.05, 0.1) is 23.0 Å². The van der Waals surface area contributed by atoms with Gasteiger partial charge in [-0.25, -0.2) is 9.37 Å². The normalized spacial score (nSPS) is 10.9. The summed E-state index contributed by atoms with van der Waals surface area (Å²) in [6, 6.07) is 13.2. The van der Waals surface area contributed by atoms with Crippen LogP contribution < -0.4 is 10.3 Å². The van der Waals surface area contributed by atoms with Gasteiger partial charge in [0.1, 0.15) is 11.6 Å². The van der Waals surface area contributed by atoms with E-state index in [1.165, 1.54) is 23.9 Å². The van der Waals surface area contributed by atoms with Crippen molar-refractivity contribution in [3.63, 3.8) is 0 Å². The summed E-state index contributed by atoms with van der Waals surface area (Å²) in [6.45, 7) is 0.